The largest absolute Gasteiger partial charge is 0.507 e. The SMILES string of the molecule is O=C(c1cccc(-c2ccccc2O)c1)N1CCC(O)(CN2CCCC2)CC1. The van der Waals surface area contributed by atoms with Gasteiger partial charge >= 0.3 is 0 Å². The van der Waals surface area contributed by atoms with Crippen LogP contribution >= 0.6 is 0 Å². The fraction of sp³-hybridized carbons (Fsp3) is 0.435. The molecule has 0 radical (unpaired) electrons. The molecule has 4 rings (SSSR count). The normalized spacial score (nSPS) is 19.7. The molecule has 2 N–H and O–H groups in total. The highest BCUT2D eigenvalue weighted by Gasteiger charge is 2.36. The van der Waals surface area contributed by atoms with E-state index >= 15 is 0 Å². The smallest absolute Gasteiger partial charge is 0.253 e. The first kappa shape index (κ1) is 19.0. The van der Waals surface area contributed by atoms with E-state index < -0.39 is 5.60 Å². The summed E-state index contributed by atoms with van der Waals surface area (Å²) in [5.74, 6) is 0.192. The van der Waals surface area contributed by atoms with Crippen molar-refractivity contribution in [3.8, 4) is 16.9 Å². The first-order chi connectivity index (χ1) is 13.5. The maximum atomic E-state index is 13.0. The lowest BCUT2D eigenvalue weighted by atomic mass is 9.90. The average Bonchev–Trinajstić information content (AvgIpc) is 3.21. The number of hydrogen-bond donors (Lipinski definition) is 2. The Bertz CT molecular complexity index is 837. The van der Waals surface area contributed by atoms with Gasteiger partial charge in [0.1, 0.15) is 5.75 Å². The number of carbonyl (C=O) groups excluding carboxylic acids is 1. The quantitative estimate of drug-likeness (QED) is 0.855. The van der Waals surface area contributed by atoms with E-state index in [2.05, 4.69) is 4.90 Å². The number of rotatable bonds is 4. The van der Waals surface area contributed by atoms with Gasteiger partial charge in [0.2, 0.25) is 0 Å². The minimum Gasteiger partial charge on any atom is -0.507 e. The van der Waals surface area contributed by atoms with Crippen LogP contribution in [0.4, 0.5) is 0 Å². The molecule has 2 aliphatic heterocycles. The van der Waals surface area contributed by atoms with Crippen LogP contribution in [0.5, 0.6) is 5.75 Å². The van der Waals surface area contributed by atoms with Gasteiger partial charge in [0.05, 0.1) is 5.60 Å². The van der Waals surface area contributed by atoms with E-state index in [-0.39, 0.29) is 11.7 Å². The summed E-state index contributed by atoms with van der Waals surface area (Å²) in [5, 5.41) is 21.0. The third-order valence-electron chi connectivity index (χ3n) is 6.02. The number of aliphatic hydroxyl groups is 1. The van der Waals surface area contributed by atoms with Crippen LogP contribution in [0.15, 0.2) is 48.5 Å². The Balaban J connectivity index is 1.43. The first-order valence-electron chi connectivity index (χ1n) is 10.2. The van der Waals surface area contributed by atoms with Crippen LogP contribution in [0.3, 0.4) is 0 Å². The molecule has 2 saturated heterocycles. The number of phenols is 1. The topological polar surface area (TPSA) is 64.0 Å². The average molecular weight is 380 g/mol. The highest BCUT2D eigenvalue weighted by Crippen LogP contribution is 2.30. The van der Waals surface area contributed by atoms with E-state index in [0.717, 1.165) is 30.8 Å². The predicted octanol–water partition coefficient (Wildman–Crippen LogP) is 3.12. The number of carbonyl (C=O) groups is 1. The molecule has 2 aliphatic rings. The Kier molecular flexibility index (Phi) is 5.38. The van der Waals surface area contributed by atoms with Gasteiger partial charge in [0, 0.05) is 30.8 Å². The first-order valence-corrected chi connectivity index (χ1v) is 10.2. The minimum absolute atomic E-state index is 0.0134. The molecule has 0 spiro atoms. The van der Waals surface area contributed by atoms with Crippen molar-refractivity contribution in [2.24, 2.45) is 0 Å². The number of amides is 1. The van der Waals surface area contributed by atoms with E-state index in [4.69, 9.17) is 0 Å². The van der Waals surface area contributed by atoms with Gasteiger partial charge in [-0.25, -0.2) is 0 Å². The number of aromatic hydroxyl groups is 1. The second-order valence-corrected chi connectivity index (χ2v) is 8.10. The molecule has 2 aromatic rings. The summed E-state index contributed by atoms with van der Waals surface area (Å²) in [6.07, 6.45) is 3.67. The molecule has 2 fully saturated rings. The summed E-state index contributed by atoms with van der Waals surface area (Å²) in [5.41, 5.74) is 1.48. The number of benzene rings is 2. The molecule has 0 aliphatic carbocycles. The van der Waals surface area contributed by atoms with Crippen LogP contribution in [0.1, 0.15) is 36.0 Å². The number of para-hydroxylation sites is 1. The number of β-amino-alcohol motifs (C(OH)–C–C–N with tert-alkyl or cyclic N) is 1. The van der Waals surface area contributed by atoms with Crippen molar-refractivity contribution in [2.75, 3.05) is 32.7 Å². The molecule has 0 bridgehead atoms. The second kappa shape index (κ2) is 7.94. The van der Waals surface area contributed by atoms with E-state index in [1.54, 1.807) is 12.1 Å². The van der Waals surface area contributed by atoms with Crippen molar-refractivity contribution in [1.29, 1.82) is 0 Å². The van der Waals surface area contributed by atoms with Gasteiger partial charge in [-0.05, 0) is 62.5 Å². The molecule has 0 atom stereocenters. The van der Waals surface area contributed by atoms with Crippen LogP contribution in [-0.4, -0.2) is 64.2 Å². The molecule has 2 heterocycles. The Morgan fingerprint density at radius 2 is 1.68 bits per heavy atom. The van der Waals surface area contributed by atoms with Crippen molar-refractivity contribution in [2.45, 2.75) is 31.3 Å². The molecule has 2 aromatic carbocycles. The summed E-state index contributed by atoms with van der Waals surface area (Å²) < 4.78 is 0. The van der Waals surface area contributed by atoms with Gasteiger partial charge in [-0.15, -0.1) is 0 Å². The third kappa shape index (κ3) is 4.05. The lowest BCUT2D eigenvalue weighted by Crippen LogP contribution is -2.51. The Labute approximate surface area is 166 Å². The highest BCUT2D eigenvalue weighted by molar-refractivity contribution is 5.95. The monoisotopic (exact) mass is 380 g/mol. The summed E-state index contributed by atoms with van der Waals surface area (Å²) in [4.78, 5) is 17.2. The molecule has 0 saturated carbocycles. The zero-order chi connectivity index (χ0) is 19.6. The molecule has 28 heavy (non-hydrogen) atoms. The number of likely N-dealkylation sites (tertiary alicyclic amines) is 2. The Morgan fingerprint density at radius 3 is 2.39 bits per heavy atom. The predicted molar refractivity (Wildman–Crippen MR) is 109 cm³/mol. The minimum atomic E-state index is -0.682. The van der Waals surface area contributed by atoms with Gasteiger partial charge in [0.25, 0.3) is 5.91 Å². The van der Waals surface area contributed by atoms with Crippen LogP contribution < -0.4 is 0 Å². The standard InChI is InChI=1S/C23H28N2O3/c26-21-9-2-1-8-20(21)18-6-5-7-19(16-18)22(27)25-14-10-23(28,11-15-25)17-24-12-3-4-13-24/h1-2,5-9,16,26,28H,3-4,10-15,17H2. The fourth-order valence-corrected chi connectivity index (χ4v) is 4.36. The van der Waals surface area contributed by atoms with Crippen molar-refractivity contribution >= 4 is 5.91 Å². The lowest BCUT2D eigenvalue weighted by Gasteiger charge is -2.40. The summed E-state index contributed by atoms with van der Waals surface area (Å²) in [6, 6.07) is 14.5. The van der Waals surface area contributed by atoms with E-state index in [1.807, 2.05) is 41.3 Å². The molecule has 5 nitrogen and oxygen atoms in total. The number of nitrogens with zero attached hydrogens (tertiary/aromatic N) is 2. The molecular formula is C23H28N2O3. The van der Waals surface area contributed by atoms with Crippen LogP contribution in [0.25, 0.3) is 11.1 Å². The number of phenolic OH excluding ortho intramolecular Hbond substituents is 1. The van der Waals surface area contributed by atoms with Gasteiger partial charge in [-0.2, -0.15) is 0 Å². The van der Waals surface area contributed by atoms with Gasteiger partial charge in [0.15, 0.2) is 0 Å². The van der Waals surface area contributed by atoms with E-state index in [0.29, 0.717) is 31.5 Å². The third-order valence-corrected chi connectivity index (χ3v) is 6.02. The molecule has 1 amide bonds. The number of piperidine rings is 1. The Hall–Kier alpha value is -2.37. The molecular weight excluding hydrogens is 352 g/mol. The highest BCUT2D eigenvalue weighted by atomic mass is 16.3. The molecule has 0 unspecified atom stereocenters. The van der Waals surface area contributed by atoms with Gasteiger partial charge in [-0.3, -0.25) is 4.79 Å². The van der Waals surface area contributed by atoms with Crippen LogP contribution in [0.2, 0.25) is 0 Å². The maximum absolute atomic E-state index is 13.0. The summed E-state index contributed by atoms with van der Waals surface area (Å²) in [7, 11) is 0. The van der Waals surface area contributed by atoms with Crippen molar-refractivity contribution < 1.29 is 15.0 Å². The van der Waals surface area contributed by atoms with Crippen LogP contribution in [0, 0.1) is 0 Å². The molecule has 148 valence electrons. The summed E-state index contributed by atoms with van der Waals surface area (Å²) >= 11 is 0. The van der Waals surface area contributed by atoms with Gasteiger partial charge in [-0.1, -0.05) is 30.3 Å². The Morgan fingerprint density at radius 1 is 0.964 bits per heavy atom. The fourth-order valence-electron chi connectivity index (χ4n) is 4.36. The summed E-state index contributed by atoms with van der Waals surface area (Å²) in [6.45, 7) is 4.01. The zero-order valence-electron chi connectivity index (χ0n) is 16.2. The molecule has 0 aromatic heterocycles. The second-order valence-electron chi connectivity index (χ2n) is 8.10. The van der Waals surface area contributed by atoms with E-state index in [9.17, 15) is 15.0 Å². The van der Waals surface area contributed by atoms with Crippen molar-refractivity contribution in [3.63, 3.8) is 0 Å². The van der Waals surface area contributed by atoms with Gasteiger partial charge < -0.3 is 20.0 Å². The van der Waals surface area contributed by atoms with E-state index in [1.165, 1.54) is 12.8 Å². The maximum Gasteiger partial charge on any atom is 0.253 e. The zero-order valence-corrected chi connectivity index (χ0v) is 16.2. The van der Waals surface area contributed by atoms with Crippen molar-refractivity contribution in [1.82, 2.24) is 9.80 Å². The van der Waals surface area contributed by atoms with Crippen molar-refractivity contribution in [3.05, 3.63) is 54.1 Å². The lowest BCUT2D eigenvalue weighted by molar-refractivity contribution is -0.0367. The number of hydrogen-bond acceptors (Lipinski definition) is 4. The molecule has 5 heteroatoms. The van der Waals surface area contributed by atoms with Crippen LogP contribution in [-0.2, 0) is 0 Å².